The van der Waals surface area contributed by atoms with Crippen LogP contribution in [0.3, 0.4) is 0 Å². The highest BCUT2D eigenvalue weighted by molar-refractivity contribution is 9.10. The molecule has 7 nitrogen and oxygen atoms in total. The monoisotopic (exact) mass is 488 g/mol. The number of aromatic nitrogens is 1. The van der Waals surface area contributed by atoms with E-state index in [9.17, 15) is 14.0 Å². The summed E-state index contributed by atoms with van der Waals surface area (Å²) < 4.78 is 18.8. The minimum absolute atomic E-state index is 0.204. The molecule has 2 heterocycles. The third kappa shape index (κ3) is 4.72. The van der Waals surface area contributed by atoms with Crippen molar-refractivity contribution in [3.8, 4) is 0 Å². The van der Waals surface area contributed by atoms with E-state index >= 15 is 0 Å². The number of methoxy groups -OCH3 is 1. The van der Waals surface area contributed by atoms with Crippen molar-refractivity contribution < 1.29 is 18.7 Å². The number of H-pyrrole nitrogens is 1. The summed E-state index contributed by atoms with van der Waals surface area (Å²) in [6.45, 7) is 3.10. The summed E-state index contributed by atoms with van der Waals surface area (Å²) in [5, 5.41) is 3.62. The fourth-order valence-electron chi connectivity index (χ4n) is 3.75. The van der Waals surface area contributed by atoms with Gasteiger partial charge in [-0.15, -0.1) is 0 Å². The number of hydrogen-bond acceptors (Lipinski definition) is 5. The number of carbonyl (C=O) groups excluding carboxylic acids is 2. The topological polar surface area (TPSA) is 77.7 Å². The van der Waals surface area contributed by atoms with E-state index in [-0.39, 0.29) is 24.0 Å². The average molecular weight is 489 g/mol. The Morgan fingerprint density at radius 2 is 1.84 bits per heavy atom. The summed E-state index contributed by atoms with van der Waals surface area (Å²) in [5.74, 6) is -1.00. The molecule has 2 aromatic carbocycles. The van der Waals surface area contributed by atoms with Crippen molar-refractivity contribution >= 4 is 50.1 Å². The van der Waals surface area contributed by atoms with Crippen molar-refractivity contribution in [2.24, 2.45) is 0 Å². The second-order valence-electron chi connectivity index (χ2n) is 7.34. The number of carbonyl (C=O) groups is 2. The van der Waals surface area contributed by atoms with Crippen LogP contribution >= 0.6 is 15.9 Å². The maximum Gasteiger partial charge on any atom is 0.356 e. The first-order valence-corrected chi connectivity index (χ1v) is 10.7. The first-order chi connectivity index (χ1) is 14.9. The summed E-state index contributed by atoms with van der Waals surface area (Å²) in [4.78, 5) is 32.2. The van der Waals surface area contributed by atoms with Gasteiger partial charge in [0.05, 0.1) is 19.3 Å². The second-order valence-corrected chi connectivity index (χ2v) is 8.26. The second kappa shape index (κ2) is 9.07. The van der Waals surface area contributed by atoms with E-state index in [4.69, 9.17) is 4.74 Å². The van der Waals surface area contributed by atoms with E-state index in [1.165, 1.54) is 19.2 Å². The van der Waals surface area contributed by atoms with Crippen molar-refractivity contribution in [1.29, 1.82) is 0 Å². The molecule has 0 aliphatic carbocycles. The molecule has 0 bridgehead atoms. The van der Waals surface area contributed by atoms with Crippen molar-refractivity contribution in [3.05, 3.63) is 58.4 Å². The lowest BCUT2D eigenvalue weighted by Crippen LogP contribution is -2.48. The molecule has 1 aromatic heterocycles. The maximum absolute atomic E-state index is 13.1. The van der Waals surface area contributed by atoms with Crippen LogP contribution in [0.2, 0.25) is 0 Å². The first kappa shape index (κ1) is 21.3. The molecule has 0 atom stereocenters. The molecule has 1 aliphatic rings. The Labute approximate surface area is 187 Å². The van der Waals surface area contributed by atoms with Crippen LogP contribution in [-0.4, -0.2) is 61.6 Å². The maximum atomic E-state index is 13.1. The van der Waals surface area contributed by atoms with Gasteiger partial charge in [0.2, 0.25) is 5.91 Å². The van der Waals surface area contributed by atoms with E-state index in [1.807, 2.05) is 18.2 Å². The molecule has 0 saturated carbocycles. The largest absolute Gasteiger partial charge is 0.464 e. The molecular formula is C22H22BrFN4O3. The van der Waals surface area contributed by atoms with Gasteiger partial charge in [0.25, 0.3) is 0 Å². The molecule has 3 aromatic rings. The molecule has 1 aliphatic heterocycles. The highest BCUT2D eigenvalue weighted by Gasteiger charge is 2.23. The van der Waals surface area contributed by atoms with Gasteiger partial charge in [-0.2, -0.15) is 0 Å². The highest BCUT2D eigenvalue weighted by Crippen LogP contribution is 2.30. The van der Waals surface area contributed by atoms with Gasteiger partial charge >= 0.3 is 5.97 Å². The fraction of sp³-hybridized carbons (Fsp3) is 0.273. The van der Waals surface area contributed by atoms with Crippen molar-refractivity contribution in [2.45, 2.75) is 0 Å². The number of benzene rings is 2. The molecule has 1 fully saturated rings. The number of aromatic amines is 1. The van der Waals surface area contributed by atoms with E-state index in [0.717, 1.165) is 34.2 Å². The molecule has 31 heavy (non-hydrogen) atoms. The highest BCUT2D eigenvalue weighted by atomic mass is 79.9. The molecule has 0 spiro atoms. The van der Waals surface area contributed by atoms with Crippen LogP contribution in [0.15, 0.2) is 46.9 Å². The summed E-state index contributed by atoms with van der Waals surface area (Å²) in [6.07, 6.45) is 0. The van der Waals surface area contributed by atoms with Gasteiger partial charge in [-0.3, -0.25) is 9.69 Å². The minimum atomic E-state index is -0.546. The van der Waals surface area contributed by atoms with Crippen molar-refractivity contribution in [1.82, 2.24) is 9.88 Å². The zero-order chi connectivity index (χ0) is 22.0. The Hall–Kier alpha value is -2.91. The number of halogens is 2. The number of anilines is 2. The van der Waals surface area contributed by atoms with Crippen LogP contribution in [0.5, 0.6) is 0 Å². The molecule has 1 saturated heterocycles. The number of amides is 1. The zero-order valence-electron chi connectivity index (χ0n) is 17.0. The number of ether oxygens (including phenoxy) is 1. The Morgan fingerprint density at radius 1 is 1.13 bits per heavy atom. The molecule has 162 valence electrons. The van der Waals surface area contributed by atoms with Gasteiger partial charge in [0.1, 0.15) is 11.5 Å². The number of fused-ring (bicyclic) bond motifs is 1. The fourth-order valence-corrected chi connectivity index (χ4v) is 4.11. The number of esters is 1. The quantitative estimate of drug-likeness (QED) is 0.536. The van der Waals surface area contributed by atoms with Gasteiger partial charge in [0.15, 0.2) is 0 Å². The smallest absolute Gasteiger partial charge is 0.356 e. The lowest BCUT2D eigenvalue weighted by molar-refractivity contribution is -0.117. The lowest BCUT2D eigenvalue weighted by Gasteiger charge is -2.35. The van der Waals surface area contributed by atoms with Crippen LogP contribution in [0.25, 0.3) is 10.9 Å². The molecule has 4 rings (SSSR count). The standard InChI is InChI=1S/C22H22BrFN4O3/c1-31-22(30)21-20(17-7-2-14(23)12-18(17)25-21)26-19(29)13-27-8-10-28(11-9-27)16-5-3-15(24)4-6-16/h2-7,12,25H,8-11,13H2,1H3,(H,26,29). The van der Waals surface area contributed by atoms with E-state index in [2.05, 4.69) is 36.0 Å². The number of nitrogens with one attached hydrogen (secondary N) is 2. The van der Waals surface area contributed by atoms with Crippen LogP contribution in [-0.2, 0) is 9.53 Å². The van der Waals surface area contributed by atoms with Gasteiger partial charge in [-0.25, -0.2) is 9.18 Å². The van der Waals surface area contributed by atoms with Gasteiger partial charge < -0.3 is 19.9 Å². The van der Waals surface area contributed by atoms with E-state index in [1.54, 1.807) is 12.1 Å². The third-order valence-electron chi connectivity index (χ3n) is 5.35. The Balaban J connectivity index is 1.42. The van der Waals surface area contributed by atoms with Crippen LogP contribution in [0, 0.1) is 5.82 Å². The average Bonchev–Trinajstić information content (AvgIpc) is 3.11. The Bertz CT molecular complexity index is 1110. The zero-order valence-corrected chi connectivity index (χ0v) is 18.5. The third-order valence-corrected chi connectivity index (χ3v) is 5.84. The molecule has 1 amide bonds. The molecule has 0 unspecified atom stereocenters. The van der Waals surface area contributed by atoms with Crippen LogP contribution < -0.4 is 10.2 Å². The van der Waals surface area contributed by atoms with Gasteiger partial charge in [-0.05, 0) is 42.5 Å². The Morgan fingerprint density at radius 3 is 2.52 bits per heavy atom. The summed E-state index contributed by atoms with van der Waals surface area (Å²) in [5.41, 5.74) is 2.32. The lowest BCUT2D eigenvalue weighted by atomic mass is 10.2. The minimum Gasteiger partial charge on any atom is -0.464 e. The van der Waals surface area contributed by atoms with Gasteiger partial charge in [0, 0.05) is 47.2 Å². The molecule has 0 radical (unpaired) electrons. The molecule has 9 heteroatoms. The number of hydrogen-bond donors (Lipinski definition) is 2. The normalized spacial score (nSPS) is 14.6. The molecular weight excluding hydrogens is 467 g/mol. The van der Waals surface area contributed by atoms with Crippen LogP contribution in [0.4, 0.5) is 15.8 Å². The van der Waals surface area contributed by atoms with Crippen LogP contribution in [0.1, 0.15) is 10.5 Å². The summed E-state index contributed by atoms with van der Waals surface area (Å²) >= 11 is 3.41. The number of rotatable bonds is 5. The molecule has 2 N–H and O–H groups in total. The van der Waals surface area contributed by atoms with Gasteiger partial charge in [-0.1, -0.05) is 15.9 Å². The van der Waals surface area contributed by atoms with Crippen molar-refractivity contribution in [3.63, 3.8) is 0 Å². The first-order valence-electron chi connectivity index (χ1n) is 9.87. The number of piperazine rings is 1. The van der Waals surface area contributed by atoms with Crippen molar-refractivity contribution in [2.75, 3.05) is 50.1 Å². The van der Waals surface area contributed by atoms with E-state index < -0.39 is 5.97 Å². The van der Waals surface area contributed by atoms with E-state index in [0.29, 0.717) is 18.8 Å². The Kier molecular flexibility index (Phi) is 6.24. The summed E-state index contributed by atoms with van der Waals surface area (Å²) in [6, 6.07) is 12.0. The number of nitrogens with zero attached hydrogens (tertiary/aromatic N) is 2. The predicted octanol–water partition coefficient (Wildman–Crippen LogP) is 3.62. The summed E-state index contributed by atoms with van der Waals surface area (Å²) in [7, 11) is 1.30. The SMILES string of the molecule is COC(=O)c1[nH]c2cc(Br)ccc2c1NC(=O)CN1CCN(c2ccc(F)cc2)CC1. The predicted molar refractivity (Wildman–Crippen MR) is 121 cm³/mol.